The first-order valence-electron chi connectivity index (χ1n) is 17.0. The third-order valence-corrected chi connectivity index (χ3v) is 7.32. The molecule has 40 heavy (non-hydrogen) atoms. The maximum absolute atomic E-state index is 12.5. The van der Waals surface area contributed by atoms with Gasteiger partial charge in [-0.15, -0.1) is 0 Å². The molecule has 0 saturated carbocycles. The average Bonchev–Trinajstić information content (AvgIpc) is 2.93. The van der Waals surface area contributed by atoms with Crippen molar-refractivity contribution >= 4 is 11.9 Å². The molecule has 0 amide bonds. The Morgan fingerprint density at radius 2 is 1.05 bits per heavy atom. The summed E-state index contributed by atoms with van der Waals surface area (Å²) in [7, 11) is 0. The van der Waals surface area contributed by atoms with Gasteiger partial charge in [-0.25, -0.2) is 0 Å². The van der Waals surface area contributed by atoms with Crippen LogP contribution in [0.2, 0.25) is 0 Å². The van der Waals surface area contributed by atoms with Gasteiger partial charge in [0.2, 0.25) is 0 Å². The van der Waals surface area contributed by atoms with E-state index in [1.165, 1.54) is 89.9 Å². The Morgan fingerprint density at radius 3 is 1.68 bits per heavy atom. The van der Waals surface area contributed by atoms with Crippen LogP contribution in [0.5, 0.6) is 0 Å². The summed E-state index contributed by atoms with van der Waals surface area (Å²) in [5, 5.41) is 8.79. The fourth-order valence-corrected chi connectivity index (χ4v) is 4.77. The van der Waals surface area contributed by atoms with E-state index in [2.05, 4.69) is 44.2 Å². The highest BCUT2D eigenvalue weighted by atomic mass is 16.5. The van der Waals surface area contributed by atoms with Gasteiger partial charge in [-0.2, -0.15) is 0 Å². The van der Waals surface area contributed by atoms with Crippen LogP contribution in [-0.4, -0.2) is 23.1 Å². The quantitative estimate of drug-likeness (QED) is 0.0539. The van der Waals surface area contributed by atoms with Crippen molar-refractivity contribution in [1.82, 2.24) is 0 Å². The maximum atomic E-state index is 12.5. The molecule has 0 spiro atoms. The first-order chi connectivity index (χ1) is 19.6. The van der Waals surface area contributed by atoms with Gasteiger partial charge < -0.3 is 9.84 Å². The third kappa shape index (κ3) is 30.7. The Kier molecular flexibility index (Phi) is 30.2. The lowest BCUT2D eigenvalue weighted by molar-refractivity contribution is -0.147. The number of carbonyl (C=O) groups excluding carboxylic acids is 1. The number of hydrogen-bond acceptors (Lipinski definition) is 3. The van der Waals surface area contributed by atoms with Gasteiger partial charge >= 0.3 is 11.9 Å². The van der Waals surface area contributed by atoms with Crippen molar-refractivity contribution in [1.29, 1.82) is 0 Å². The highest BCUT2D eigenvalue weighted by molar-refractivity contribution is 5.69. The zero-order valence-electron chi connectivity index (χ0n) is 26.4. The molecule has 0 aromatic heterocycles. The van der Waals surface area contributed by atoms with Crippen LogP contribution in [0, 0.1) is 0 Å². The van der Waals surface area contributed by atoms with E-state index >= 15 is 0 Å². The van der Waals surface area contributed by atoms with Crippen molar-refractivity contribution in [2.75, 3.05) is 0 Å². The highest BCUT2D eigenvalue weighted by Gasteiger charge is 2.11. The van der Waals surface area contributed by atoms with Crippen molar-refractivity contribution < 1.29 is 19.4 Å². The summed E-state index contributed by atoms with van der Waals surface area (Å²) < 4.78 is 5.82. The Balaban J connectivity index is 4.07. The monoisotopic (exact) mass is 560 g/mol. The lowest BCUT2D eigenvalue weighted by atomic mass is 10.1. The fraction of sp³-hybridized carbons (Fsp3) is 0.778. The number of carboxylic acid groups (broad SMARTS) is 1. The largest absolute Gasteiger partial charge is 0.481 e. The molecule has 0 bridgehead atoms. The molecule has 1 atom stereocenters. The minimum atomic E-state index is -0.729. The average molecular weight is 561 g/mol. The van der Waals surface area contributed by atoms with Crippen molar-refractivity contribution in [3.8, 4) is 0 Å². The summed E-state index contributed by atoms with van der Waals surface area (Å²) in [6, 6.07) is 0. The van der Waals surface area contributed by atoms with Gasteiger partial charge in [0, 0.05) is 12.8 Å². The van der Waals surface area contributed by atoms with E-state index in [4.69, 9.17) is 9.84 Å². The Hall–Kier alpha value is -1.84. The standard InChI is InChI=1S/C36H64O4/c1-3-5-7-9-11-13-14-15-16-17-18-19-21-23-29-33-36(39)40-34(31-27-24-25-28-32-35(37)38)30-26-22-20-12-10-8-6-4-2/h12,15-16,20,26,30,34H,3-11,13-14,17-19,21-25,27-29,31-33H2,1-2H3,(H,37,38)/b16-15-,20-12-,30-26-. The van der Waals surface area contributed by atoms with Gasteiger partial charge in [0.15, 0.2) is 0 Å². The van der Waals surface area contributed by atoms with Crippen molar-refractivity contribution in [3.05, 3.63) is 36.5 Å². The molecule has 4 nitrogen and oxygen atoms in total. The van der Waals surface area contributed by atoms with E-state index in [0.29, 0.717) is 12.8 Å². The summed E-state index contributed by atoms with van der Waals surface area (Å²) in [4.78, 5) is 23.2. The number of esters is 1. The number of carboxylic acids is 1. The smallest absolute Gasteiger partial charge is 0.306 e. The van der Waals surface area contributed by atoms with Gasteiger partial charge in [0.25, 0.3) is 0 Å². The fourth-order valence-electron chi connectivity index (χ4n) is 4.77. The molecule has 4 heteroatoms. The van der Waals surface area contributed by atoms with Crippen LogP contribution in [0.3, 0.4) is 0 Å². The van der Waals surface area contributed by atoms with Crippen molar-refractivity contribution in [3.63, 3.8) is 0 Å². The second kappa shape index (κ2) is 31.7. The lowest BCUT2D eigenvalue weighted by Crippen LogP contribution is -2.16. The van der Waals surface area contributed by atoms with Crippen molar-refractivity contribution in [2.45, 2.75) is 180 Å². The van der Waals surface area contributed by atoms with E-state index in [0.717, 1.165) is 51.4 Å². The van der Waals surface area contributed by atoms with Gasteiger partial charge in [-0.3, -0.25) is 9.59 Å². The zero-order chi connectivity index (χ0) is 29.4. The summed E-state index contributed by atoms with van der Waals surface area (Å²) in [5.41, 5.74) is 0. The van der Waals surface area contributed by atoms with Crippen LogP contribution in [0.25, 0.3) is 0 Å². The van der Waals surface area contributed by atoms with Gasteiger partial charge in [-0.1, -0.05) is 121 Å². The second-order valence-electron chi connectivity index (χ2n) is 11.3. The maximum Gasteiger partial charge on any atom is 0.306 e. The zero-order valence-corrected chi connectivity index (χ0v) is 26.4. The van der Waals surface area contributed by atoms with Crippen LogP contribution >= 0.6 is 0 Å². The Morgan fingerprint density at radius 1 is 0.575 bits per heavy atom. The number of ether oxygens (including phenoxy) is 1. The number of aliphatic carboxylic acids is 1. The van der Waals surface area contributed by atoms with Crippen LogP contribution in [0.1, 0.15) is 174 Å². The third-order valence-electron chi connectivity index (χ3n) is 7.32. The summed E-state index contributed by atoms with van der Waals surface area (Å²) >= 11 is 0. The minimum absolute atomic E-state index is 0.0896. The van der Waals surface area contributed by atoms with Crippen LogP contribution in [-0.2, 0) is 14.3 Å². The van der Waals surface area contributed by atoms with E-state index in [1.807, 2.05) is 6.08 Å². The molecule has 0 radical (unpaired) electrons. The number of hydrogen-bond donors (Lipinski definition) is 1. The van der Waals surface area contributed by atoms with E-state index < -0.39 is 5.97 Å². The predicted molar refractivity (Wildman–Crippen MR) is 172 cm³/mol. The highest BCUT2D eigenvalue weighted by Crippen LogP contribution is 2.14. The van der Waals surface area contributed by atoms with Crippen molar-refractivity contribution in [2.24, 2.45) is 0 Å². The molecular formula is C36H64O4. The van der Waals surface area contributed by atoms with Gasteiger partial charge in [0.1, 0.15) is 6.10 Å². The molecule has 0 fully saturated rings. The first-order valence-corrected chi connectivity index (χ1v) is 17.0. The topological polar surface area (TPSA) is 63.6 Å². The normalized spacial score (nSPS) is 12.7. The summed E-state index contributed by atoms with van der Waals surface area (Å²) in [5.74, 6) is -0.818. The second-order valence-corrected chi connectivity index (χ2v) is 11.3. The molecule has 0 aromatic rings. The van der Waals surface area contributed by atoms with Crippen LogP contribution < -0.4 is 0 Å². The molecule has 1 unspecified atom stereocenters. The molecule has 0 saturated heterocycles. The molecule has 0 heterocycles. The molecule has 0 aromatic carbocycles. The molecule has 0 aliphatic rings. The van der Waals surface area contributed by atoms with Crippen LogP contribution in [0.4, 0.5) is 0 Å². The number of unbranched alkanes of at least 4 members (excludes halogenated alkanes) is 17. The molecule has 0 rings (SSSR count). The predicted octanol–water partition coefficient (Wildman–Crippen LogP) is 11.4. The first kappa shape index (κ1) is 38.2. The minimum Gasteiger partial charge on any atom is -0.481 e. The summed E-state index contributed by atoms with van der Waals surface area (Å²) in [6.45, 7) is 4.49. The summed E-state index contributed by atoms with van der Waals surface area (Å²) in [6.07, 6.45) is 40.2. The Labute approximate surface area is 248 Å². The molecular weight excluding hydrogens is 496 g/mol. The number of allylic oxidation sites excluding steroid dienone is 5. The molecule has 0 aliphatic carbocycles. The van der Waals surface area contributed by atoms with E-state index in [-0.39, 0.29) is 18.5 Å². The number of carbonyl (C=O) groups is 2. The molecule has 0 aliphatic heterocycles. The Bertz CT molecular complexity index is 649. The molecule has 1 N–H and O–H groups in total. The number of rotatable bonds is 30. The lowest BCUT2D eigenvalue weighted by Gasteiger charge is -2.14. The molecule has 232 valence electrons. The van der Waals surface area contributed by atoms with Gasteiger partial charge in [-0.05, 0) is 76.7 Å². The van der Waals surface area contributed by atoms with Gasteiger partial charge in [0.05, 0.1) is 0 Å². The van der Waals surface area contributed by atoms with E-state index in [9.17, 15) is 9.59 Å². The SMILES string of the molecule is CCCCC/C=C\C/C=C\C(CCCCCCC(=O)O)OC(=O)CCCCCCC/C=C\CCCCCCCC. The van der Waals surface area contributed by atoms with Crippen LogP contribution in [0.15, 0.2) is 36.5 Å². The van der Waals surface area contributed by atoms with E-state index in [1.54, 1.807) is 0 Å².